The van der Waals surface area contributed by atoms with Crippen molar-refractivity contribution in [2.45, 2.75) is 20.5 Å². The fraction of sp³-hybridized carbons (Fsp3) is 0.263. The van der Waals surface area contributed by atoms with Crippen LogP contribution in [0.5, 0.6) is 5.75 Å². The molecule has 0 saturated heterocycles. The van der Waals surface area contributed by atoms with E-state index in [1.54, 1.807) is 36.1 Å². The standard InChI is InChI=1S/C19H20ClN7O2/c1-11-9-26(25-23-11)10-27-18-16(12(2)24-27)17(20)15(8-21-18)19(28)22-13-4-6-14(29-3)7-5-13/h4-8,25H,9-10H2,1-3H3,(H,22,28). The maximum absolute atomic E-state index is 12.7. The average Bonchev–Trinajstić information content (AvgIpc) is 3.26. The number of carbonyl (C=O) groups is 1. The summed E-state index contributed by atoms with van der Waals surface area (Å²) in [6.45, 7) is 4.93. The highest BCUT2D eigenvalue weighted by molar-refractivity contribution is 6.39. The summed E-state index contributed by atoms with van der Waals surface area (Å²) in [5.74, 6) is 0.368. The third-order valence-electron chi connectivity index (χ3n) is 4.57. The number of anilines is 1. The molecule has 1 aliphatic heterocycles. The summed E-state index contributed by atoms with van der Waals surface area (Å²) in [7, 11) is 1.59. The quantitative estimate of drug-likeness (QED) is 0.667. The van der Waals surface area contributed by atoms with Crippen molar-refractivity contribution in [3.05, 3.63) is 46.7 Å². The molecule has 1 aliphatic rings. The predicted molar refractivity (Wildman–Crippen MR) is 111 cm³/mol. The normalized spacial score (nSPS) is 14.0. The molecular weight excluding hydrogens is 394 g/mol. The molecule has 1 aromatic carbocycles. The number of nitrogens with zero attached hydrogens (tertiary/aromatic N) is 5. The van der Waals surface area contributed by atoms with Gasteiger partial charge >= 0.3 is 0 Å². The van der Waals surface area contributed by atoms with Crippen LogP contribution in [0, 0.1) is 6.92 Å². The van der Waals surface area contributed by atoms with E-state index in [1.165, 1.54) is 6.20 Å². The average molecular weight is 414 g/mol. The predicted octanol–water partition coefficient (Wildman–Crippen LogP) is 2.81. The van der Waals surface area contributed by atoms with Gasteiger partial charge in [-0.05, 0) is 38.1 Å². The van der Waals surface area contributed by atoms with Gasteiger partial charge in [0.1, 0.15) is 12.4 Å². The molecule has 3 aromatic rings. The van der Waals surface area contributed by atoms with Crippen LogP contribution in [0.15, 0.2) is 35.6 Å². The molecule has 1 amide bonds. The van der Waals surface area contributed by atoms with E-state index >= 15 is 0 Å². The van der Waals surface area contributed by atoms with E-state index in [9.17, 15) is 4.79 Å². The summed E-state index contributed by atoms with van der Waals surface area (Å²) in [5, 5.41) is 14.4. The Hall–Kier alpha value is -3.17. The van der Waals surface area contributed by atoms with E-state index < -0.39 is 0 Å². The molecule has 0 bridgehead atoms. The van der Waals surface area contributed by atoms with E-state index in [-0.39, 0.29) is 11.5 Å². The number of amides is 1. The van der Waals surface area contributed by atoms with Gasteiger partial charge in [-0.2, -0.15) is 15.2 Å². The molecule has 4 rings (SSSR count). The SMILES string of the molecule is COc1ccc(NC(=O)c2cnc3c(c(C)nn3CN3CC(C)=NN3)c2Cl)cc1. The number of ether oxygens (including phenoxy) is 1. The number of methoxy groups -OCH3 is 1. The Balaban J connectivity index is 1.60. The monoisotopic (exact) mass is 413 g/mol. The first-order valence-electron chi connectivity index (χ1n) is 8.97. The number of rotatable bonds is 5. The summed E-state index contributed by atoms with van der Waals surface area (Å²) >= 11 is 6.58. The van der Waals surface area contributed by atoms with Gasteiger partial charge in [0, 0.05) is 11.9 Å². The molecule has 0 saturated carbocycles. The first kappa shape index (κ1) is 19.2. The molecule has 0 atom stereocenters. The second kappa shape index (κ2) is 7.69. The molecule has 0 spiro atoms. The van der Waals surface area contributed by atoms with E-state index in [0.29, 0.717) is 46.4 Å². The number of hydrogen-bond acceptors (Lipinski definition) is 7. The fourth-order valence-electron chi connectivity index (χ4n) is 3.15. The number of carbonyl (C=O) groups excluding carboxylic acids is 1. The highest BCUT2D eigenvalue weighted by Gasteiger charge is 2.21. The maximum Gasteiger partial charge on any atom is 0.258 e. The zero-order chi connectivity index (χ0) is 20.5. The Labute approximate surface area is 172 Å². The van der Waals surface area contributed by atoms with Crippen molar-refractivity contribution in [2.75, 3.05) is 19.0 Å². The molecule has 0 fully saturated rings. The van der Waals surface area contributed by atoms with Crippen molar-refractivity contribution in [1.82, 2.24) is 25.3 Å². The number of aryl methyl sites for hydroxylation is 1. The van der Waals surface area contributed by atoms with E-state index in [0.717, 1.165) is 5.71 Å². The Bertz CT molecular complexity index is 1110. The lowest BCUT2D eigenvalue weighted by atomic mass is 10.2. The number of pyridine rings is 1. The Kier molecular flexibility index (Phi) is 5.08. The van der Waals surface area contributed by atoms with Gasteiger partial charge in [-0.3, -0.25) is 4.79 Å². The van der Waals surface area contributed by atoms with Gasteiger partial charge in [0.25, 0.3) is 5.91 Å². The van der Waals surface area contributed by atoms with Gasteiger partial charge in [-0.15, -0.1) is 0 Å². The van der Waals surface area contributed by atoms with Crippen molar-refractivity contribution in [2.24, 2.45) is 5.10 Å². The van der Waals surface area contributed by atoms with Crippen molar-refractivity contribution >= 4 is 39.9 Å². The zero-order valence-electron chi connectivity index (χ0n) is 16.2. The van der Waals surface area contributed by atoms with Crippen LogP contribution in [-0.4, -0.2) is 45.0 Å². The number of hydrazone groups is 1. The van der Waals surface area contributed by atoms with Crippen molar-refractivity contribution < 1.29 is 9.53 Å². The van der Waals surface area contributed by atoms with E-state index in [4.69, 9.17) is 16.3 Å². The minimum atomic E-state index is -0.341. The molecule has 3 heterocycles. The Morgan fingerprint density at radius 1 is 1.31 bits per heavy atom. The van der Waals surface area contributed by atoms with Crippen LogP contribution in [0.4, 0.5) is 5.69 Å². The Morgan fingerprint density at radius 2 is 2.07 bits per heavy atom. The summed E-state index contributed by atoms with van der Waals surface area (Å²) < 4.78 is 6.87. The van der Waals surface area contributed by atoms with Crippen molar-refractivity contribution in [3.8, 4) is 5.75 Å². The second-order valence-corrected chi connectivity index (χ2v) is 7.12. The van der Waals surface area contributed by atoms with Crippen LogP contribution in [-0.2, 0) is 6.67 Å². The third kappa shape index (κ3) is 3.74. The summed E-state index contributed by atoms with van der Waals surface area (Å²) in [6.07, 6.45) is 1.47. The number of halogens is 1. The van der Waals surface area contributed by atoms with Crippen LogP contribution < -0.4 is 15.6 Å². The van der Waals surface area contributed by atoms with Crippen molar-refractivity contribution in [3.63, 3.8) is 0 Å². The van der Waals surface area contributed by atoms with Gasteiger partial charge in [-0.25, -0.2) is 15.2 Å². The summed E-state index contributed by atoms with van der Waals surface area (Å²) in [5.41, 5.74) is 6.16. The molecule has 10 heteroatoms. The lowest BCUT2D eigenvalue weighted by Gasteiger charge is -2.14. The van der Waals surface area contributed by atoms with Gasteiger partial charge in [0.15, 0.2) is 5.65 Å². The largest absolute Gasteiger partial charge is 0.497 e. The molecule has 0 radical (unpaired) electrons. The molecule has 0 aliphatic carbocycles. The molecule has 0 unspecified atom stereocenters. The zero-order valence-corrected chi connectivity index (χ0v) is 17.0. The number of nitrogens with one attached hydrogen (secondary N) is 2. The van der Waals surface area contributed by atoms with Gasteiger partial charge in [0.05, 0.1) is 41.0 Å². The molecule has 150 valence electrons. The van der Waals surface area contributed by atoms with Crippen LogP contribution in [0.1, 0.15) is 23.0 Å². The number of hydrogen-bond donors (Lipinski definition) is 2. The third-order valence-corrected chi connectivity index (χ3v) is 4.96. The lowest BCUT2D eigenvalue weighted by molar-refractivity contribution is 0.102. The fourth-order valence-corrected chi connectivity index (χ4v) is 3.51. The molecule has 9 nitrogen and oxygen atoms in total. The molecular formula is C19H20ClN7O2. The first-order chi connectivity index (χ1) is 14.0. The smallest absolute Gasteiger partial charge is 0.258 e. The van der Waals surface area contributed by atoms with Crippen molar-refractivity contribution in [1.29, 1.82) is 0 Å². The summed E-state index contributed by atoms with van der Waals surface area (Å²) in [4.78, 5) is 17.2. The van der Waals surface area contributed by atoms with Gasteiger partial charge in [-0.1, -0.05) is 11.6 Å². The molecule has 29 heavy (non-hydrogen) atoms. The van der Waals surface area contributed by atoms with Crippen LogP contribution >= 0.6 is 11.6 Å². The van der Waals surface area contributed by atoms with Crippen LogP contribution in [0.2, 0.25) is 5.02 Å². The van der Waals surface area contributed by atoms with Gasteiger partial charge in [0.2, 0.25) is 0 Å². The maximum atomic E-state index is 12.7. The minimum absolute atomic E-state index is 0.288. The minimum Gasteiger partial charge on any atom is -0.497 e. The van der Waals surface area contributed by atoms with Gasteiger partial charge < -0.3 is 10.1 Å². The number of benzene rings is 1. The van der Waals surface area contributed by atoms with Crippen LogP contribution in [0.3, 0.4) is 0 Å². The lowest BCUT2D eigenvalue weighted by Crippen LogP contribution is -2.33. The number of aromatic nitrogens is 3. The Morgan fingerprint density at radius 3 is 2.72 bits per heavy atom. The number of hydrazine groups is 1. The summed E-state index contributed by atoms with van der Waals surface area (Å²) in [6, 6.07) is 7.05. The topological polar surface area (TPSA) is 96.7 Å². The molecule has 2 aromatic heterocycles. The number of fused-ring (bicyclic) bond motifs is 1. The van der Waals surface area contributed by atoms with E-state index in [1.807, 2.05) is 18.9 Å². The molecule has 2 N–H and O–H groups in total. The highest BCUT2D eigenvalue weighted by atomic mass is 35.5. The van der Waals surface area contributed by atoms with E-state index in [2.05, 4.69) is 26.0 Å². The first-order valence-corrected chi connectivity index (χ1v) is 9.35. The van der Waals surface area contributed by atoms with Crippen LogP contribution in [0.25, 0.3) is 11.0 Å². The highest BCUT2D eigenvalue weighted by Crippen LogP contribution is 2.29. The second-order valence-electron chi connectivity index (χ2n) is 6.74.